The molecule has 4 nitrogen and oxygen atoms in total. The summed E-state index contributed by atoms with van der Waals surface area (Å²) in [5, 5.41) is 8.70. The van der Waals surface area contributed by atoms with E-state index in [4.69, 9.17) is 14.6 Å². The van der Waals surface area contributed by atoms with E-state index < -0.39 is 5.97 Å². The largest absolute Gasteiger partial charge is 0.488 e. The molecule has 0 aromatic heterocycles. The molecule has 0 spiro atoms. The van der Waals surface area contributed by atoms with Crippen LogP contribution in [0.1, 0.15) is 18.4 Å². The Morgan fingerprint density at radius 2 is 2.16 bits per heavy atom. The van der Waals surface area contributed by atoms with Crippen molar-refractivity contribution in [2.45, 2.75) is 18.9 Å². The lowest BCUT2D eigenvalue weighted by Crippen LogP contribution is -2.26. The molecule has 2 rings (SSSR count). The van der Waals surface area contributed by atoms with Gasteiger partial charge in [-0.2, -0.15) is 0 Å². The van der Waals surface area contributed by atoms with Crippen molar-refractivity contribution in [3.63, 3.8) is 0 Å². The Labute approximate surface area is 120 Å². The number of carboxylic acid groups (broad SMARTS) is 1. The zero-order chi connectivity index (χ0) is 13.7. The number of aliphatic carboxylic acids is 1. The van der Waals surface area contributed by atoms with Crippen molar-refractivity contribution in [2.75, 3.05) is 13.2 Å². The van der Waals surface area contributed by atoms with E-state index in [1.54, 1.807) is 6.08 Å². The highest BCUT2D eigenvalue weighted by atomic mass is 79.9. The zero-order valence-corrected chi connectivity index (χ0v) is 11.9. The quantitative estimate of drug-likeness (QED) is 0.864. The maximum absolute atomic E-state index is 10.6. The Hall–Kier alpha value is -1.33. The van der Waals surface area contributed by atoms with Gasteiger partial charge in [0.15, 0.2) is 0 Å². The van der Waals surface area contributed by atoms with E-state index in [1.165, 1.54) is 0 Å². The number of carbonyl (C=O) groups is 1. The molecule has 1 aromatic carbocycles. The van der Waals surface area contributed by atoms with Crippen molar-refractivity contribution in [3.05, 3.63) is 34.3 Å². The second-order valence-corrected chi connectivity index (χ2v) is 5.11. The fourth-order valence-corrected chi connectivity index (χ4v) is 2.38. The van der Waals surface area contributed by atoms with Gasteiger partial charge in [-0.15, -0.1) is 0 Å². The fourth-order valence-electron chi connectivity index (χ4n) is 1.90. The van der Waals surface area contributed by atoms with E-state index in [0.29, 0.717) is 19.0 Å². The lowest BCUT2D eigenvalue weighted by molar-refractivity contribution is -0.131. The summed E-state index contributed by atoms with van der Waals surface area (Å²) < 4.78 is 12.1. The number of carboxylic acids is 1. The Balaban J connectivity index is 2.19. The summed E-state index contributed by atoms with van der Waals surface area (Å²) in [6.07, 6.45) is 4.47. The molecule has 1 aliphatic rings. The third-order valence-electron chi connectivity index (χ3n) is 2.86. The van der Waals surface area contributed by atoms with Crippen molar-refractivity contribution in [2.24, 2.45) is 0 Å². The maximum Gasteiger partial charge on any atom is 0.328 e. The van der Waals surface area contributed by atoms with E-state index in [9.17, 15) is 4.79 Å². The van der Waals surface area contributed by atoms with Crippen LogP contribution in [0.3, 0.4) is 0 Å². The molecule has 1 aliphatic heterocycles. The molecule has 0 saturated carbocycles. The van der Waals surface area contributed by atoms with E-state index >= 15 is 0 Å². The van der Waals surface area contributed by atoms with Gasteiger partial charge < -0.3 is 14.6 Å². The van der Waals surface area contributed by atoms with Crippen LogP contribution >= 0.6 is 15.9 Å². The van der Waals surface area contributed by atoms with Crippen LogP contribution in [0.15, 0.2) is 28.7 Å². The van der Waals surface area contributed by atoms with Crippen LogP contribution in [0, 0.1) is 0 Å². The van der Waals surface area contributed by atoms with Crippen molar-refractivity contribution in [3.8, 4) is 5.75 Å². The highest BCUT2D eigenvalue weighted by molar-refractivity contribution is 9.10. The SMILES string of the molecule is O=C(O)C=Cc1cccc(Br)c1OC1CCOCC1. The van der Waals surface area contributed by atoms with E-state index in [2.05, 4.69) is 15.9 Å². The minimum atomic E-state index is -0.975. The second kappa shape index (κ2) is 6.73. The van der Waals surface area contributed by atoms with Crippen LogP contribution in [-0.2, 0) is 9.53 Å². The summed E-state index contributed by atoms with van der Waals surface area (Å²) in [6, 6.07) is 5.56. The smallest absolute Gasteiger partial charge is 0.328 e. The minimum absolute atomic E-state index is 0.115. The molecule has 1 N–H and O–H groups in total. The lowest BCUT2D eigenvalue weighted by atomic mass is 10.1. The van der Waals surface area contributed by atoms with Crippen LogP contribution in [0.4, 0.5) is 0 Å². The number of ether oxygens (including phenoxy) is 2. The molecule has 0 aliphatic carbocycles. The third kappa shape index (κ3) is 4.08. The predicted octanol–water partition coefficient (Wildman–Crippen LogP) is 3.10. The Bertz CT molecular complexity index is 478. The average molecular weight is 327 g/mol. The molecule has 1 fully saturated rings. The minimum Gasteiger partial charge on any atom is -0.488 e. The normalized spacial score (nSPS) is 16.7. The lowest BCUT2D eigenvalue weighted by Gasteiger charge is -2.24. The molecule has 0 radical (unpaired) electrons. The Kier molecular flexibility index (Phi) is 4.99. The molecule has 102 valence electrons. The molecule has 1 heterocycles. The summed E-state index contributed by atoms with van der Waals surface area (Å²) in [5.41, 5.74) is 0.753. The van der Waals surface area contributed by atoms with Crippen LogP contribution in [0.5, 0.6) is 5.75 Å². The highest BCUT2D eigenvalue weighted by Gasteiger charge is 2.17. The first kappa shape index (κ1) is 14.1. The molecule has 0 unspecified atom stereocenters. The van der Waals surface area contributed by atoms with Crippen LogP contribution < -0.4 is 4.74 Å². The van der Waals surface area contributed by atoms with Gasteiger partial charge in [-0.1, -0.05) is 12.1 Å². The molecule has 5 heteroatoms. The first-order chi connectivity index (χ1) is 9.16. The maximum atomic E-state index is 10.6. The van der Waals surface area contributed by atoms with Crippen LogP contribution in [0.2, 0.25) is 0 Å². The van der Waals surface area contributed by atoms with Crippen molar-refractivity contribution in [1.82, 2.24) is 0 Å². The number of benzene rings is 1. The van der Waals surface area contributed by atoms with Gasteiger partial charge in [0.25, 0.3) is 0 Å². The van der Waals surface area contributed by atoms with Gasteiger partial charge >= 0.3 is 5.97 Å². The van der Waals surface area contributed by atoms with Crippen LogP contribution in [0.25, 0.3) is 6.08 Å². The first-order valence-corrected chi connectivity index (χ1v) is 6.90. The molecular weight excluding hydrogens is 312 g/mol. The van der Waals surface area contributed by atoms with Gasteiger partial charge in [-0.05, 0) is 28.1 Å². The highest BCUT2D eigenvalue weighted by Crippen LogP contribution is 2.32. The molecule has 0 amide bonds. The first-order valence-electron chi connectivity index (χ1n) is 6.11. The summed E-state index contributed by atoms with van der Waals surface area (Å²) in [5.74, 6) is -0.288. The summed E-state index contributed by atoms with van der Waals surface area (Å²) in [6.45, 7) is 1.41. The van der Waals surface area contributed by atoms with Crippen molar-refractivity contribution >= 4 is 28.0 Å². The van der Waals surface area contributed by atoms with Crippen LogP contribution in [-0.4, -0.2) is 30.4 Å². The number of hydrogen-bond acceptors (Lipinski definition) is 3. The third-order valence-corrected chi connectivity index (χ3v) is 3.48. The van der Waals surface area contributed by atoms with E-state index in [-0.39, 0.29) is 6.10 Å². The van der Waals surface area contributed by atoms with E-state index in [1.807, 2.05) is 18.2 Å². The monoisotopic (exact) mass is 326 g/mol. The topological polar surface area (TPSA) is 55.8 Å². The van der Waals surface area contributed by atoms with Gasteiger partial charge in [0, 0.05) is 24.5 Å². The standard InChI is InChI=1S/C14H15BrO4/c15-12-3-1-2-10(4-5-13(16)17)14(12)19-11-6-8-18-9-7-11/h1-5,11H,6-9H2,(H,16,17). The van der Waals surface area contributed by atoms with Gasteiger partial charge in [0.2, 0.25) is 0 Å². The molecule has 0 bridgehead atoms. The average Bonchev–Trinajstić information content (AvgIpc) is 2.40. The molecule has 1 aromatic rings. The zero-order valence-electron chi connectivity index (χ0n) is 10.3. The summed E-state index contributed by atoms with van der Waals surface area (Å²) >= 11 is 3.44. The van der Waals surface area contributed by atoms with E-state index in [0.717, 1.165) is 29.0 Å². The number of para-hydroxylation sites is 1. The molecule has 1 saturated heterocycles. The molecule has 19 heavy (non-hydrogen) atoms. The van der Waals surface area contributed by atoms with Gasteiger partial charge in [-0.3, -0.25) is 0 Å². The van der Waals surface area contributed by atoms with Crippen molar-refractivity contribution < 1.29 is 19.4 Å². The number of hydrogen-bond donors (Lipinski definition) is 1. The fraction of sp³-hybridized carbons (Fsp3) is 0.357. The Morgan fingerprint density at radius 1 is 1.42 bits per heavy atom. The Morgan fingerprint density at radius 3 is 2.84 bits per heavy atom. The van der Waals surface area contributed by atoms with Gasteiger partial charge in [0.05, 0.1) is 17.7 Å². The second-order valence-electron chi connectivity index (χ2n) is 4.26. The molecular formula is C14H15BrO4. The van der Waals surface area contributed by atoms with Gasteiger partial charge in [-0.25, -0.2) is 4.79 Å². The summed E-state index contributed by atoms with van der Waals surface area (Å²) in [7, 11) is 0. The number of rotatable bonds is 4. The summed E-state index contributed by atoms with van der Waals surface area (Å²) in [4.78, 5) is 10.6. The predicted molar refractivity (Wildman–Crippen MR) is 75.3 cm³/mol. The van der Waals surface area contributed by atoms with Crippen molar-refractivity contribution in [1.29, 1.82) is 0 Å². The molecule has 0 atom stereocenters. The van der Waals surface area contributed by atoms with Gasteiger partial charge in [0.1, 0.15) is 11.9 Å². The number of halogens is 1.